The number of likely N-dealkylation sites (N-methyl/N-ethyl adjacent to an activating group) is 1. The van der Waals surface area contributed by atoms with Crippen molar-refractivity contribution in [2.24, 2.45) is 0 Å². The van der Waals surface area contributed by atoms with E-state index in [0.29, 0.717) is 19.5 Å². The average Bonchev–Trinajstić information content (AvgIpc) is 2.88. The van der Waals surface area contributed by atoms with E-state index in [1.165, 1.54) is 4.90 Å². The van der Waals surface area contributed by atoms with Crippen molar-refractivity contribution in [3.63, 3.8) is 0 Å². The molecule has 0 radical (unpaired) electrons. The second kappa shape index (κ2) is 13.1. The van der Waals surface area contributed by atoms with Crippen LogP contribution in [0.15, 0.2) is 54.6 Å². The summed E-state index contributed by atoms with van der Waals surface area (Å²) >= 11 is 0. The van der Waals surface area contributed by atoms with Gasteiger partial charge in [-0.2, -0.15) is 0 Å². The zero-order valence-corrected chi connectivity index (χ0v) is 21.6. The van der Waals surface area contributed by atoms with E-state index >= 15 is 0 Å². The predicted molar refractivity (Wildman–Crippen MR) is 140 cm³/mol. The molecule has 0 saturated carbocycles. The van der Waals surface area contributed by atoms with Gasteiger partial charge in [-0.25, -0.2) is 0 Å². The van der Waals surface area contributed by atoms with Crippen LogP contribution in [0.3, 0.4) is 0 Å². The summed E-state index contributed by atoms with van der Waals surface area (Å²) in [5.74, 6) is -0.0304. The molecule has 2 aromatic rings. The summed E-state index contributed by atoms with van der Waals surface area (Å²) in [6.45, 7) is 6.33. The van der Waals surface area contributed by atoms with Crippen LogP contribution in [0, 0.1) is 0 Å². The Kier molecular flexibility index (Phi) is 9.87. The fourth-order valence-corrected chi connectivity index (χ4v) is 4.15. The molecule has 1 aliphatic rings. The first kappa shape index (κ1) is 27.2. The highest BCUT2D eigenvalue weighted by molar-refractivity contribution is 5.92. The highest BCUT2D eigenvalue weighted by Crippen LogP contribution is 2.21. The summed E-state index contributed by atoms with van der Waals surface area (Å²) in [7, 11) is 1.60. The number of benzene rings is 2. The lowest BCUT2D eigenvalue weighted by molar-refractivity contribution is -0.140. The van der Waals surface area contributed by atoms with E-state index in [0.717, 1.165) is 29.7 Å². The van der Waals surface area contributed by atoms with E-state index < -0.39 is 18.1 Å². The van der Waals surface area contributed by atoms with E-state index in [4.69, 9.17) is 4.74 Å². The highest BCUT2D eigenvalue weighted by atomic mass is 16.5. The van der Waals surface area contributed by atoms with Crippen LogP contribution in [-0.2, 0) is 27.2 Å². The minimum absolute atomic E-state index is 0.162. The molecule has 194 valence electrons. The third-order valence-corrected chi connectivity index (χ3v) is 6.53. The van der Waals surface area contributed by atoms with Gasteiger partial charge >= 0.3 is 0 Å². The Morgan fingerprint density at radius 1 is 0.944 bits per heavy atom. The lowest BCUT2D eigenvalue weighted by Gasteiger charge is -2.29. The van der Waals surface area contributed by atoms with Crippen LogP contribution in [0.5, 0.6) is 5.75 Å². The molecule has 4 atom stereocenters. The fraction of sp³-hybridized carbons (Fsp3) is 0.464. The van der Waals surface area contributed by atoms with Gasteiger partial charge in [-0.3, -0.25) is 14.4 Å². The van der Waals surface area contributed by atoms with Crippen molar-refractivity contribution >= 4 is 17.7 Å². The van der Waals surface area contributed by atoms with Crippen LogP contribution in [0.2, 0.25) is 0 Å². The monoisotopic (exact) mass is 494 g/mol. The predicted octanol–water partition coefficient (Wildman–Crippen LogP) is 2.07. The van der Waals surface area contributed by atoms with E-state index in [1.807, 2.05) is 61.5 Å². The Bertz CT molecular complexity index is 1030. The molecule has 0 aromatic heterocycles. The van der Waals surface area contributed by atoms with E-state index in [9.17, 15) is 14.4 Å². The van der Waals surface area contributed by atoms with Gasteiger partial charge in [-0.1, -0.05) is 48.5 Å². The molecule has 1 unspecified atom stereocenters. The number of fused-ring (bicyclic) bond motifs is 1. The molecular formula is C28H38N4O4. The quantitative estimate of drug-likeness (QED) is 0.594. The standard InChI is InChI=1S/C28H38N4O4/c1-19-18-30-20(2)28(35)32(4)21(3)26(33)31-24(17-22-11-6-5-7-12-22)27(34)29-16-10-14-23-13-8-9-15-25(23)36-19/h5-9,11-13,15,19-21,24,30H,10,14,16-18H2,1-4H3,(H,29,34)(H,31,33)/t19-,20?,21-,24-/m1/s1. The molecule has 2 aromatic carbocycles. The number of nitrogens with zero attached hydrogens (tertiary/aromatic N) is 1. The van der Waals surface area contributed by atoms with Gasteiger partial charge in [-0.05, 0) is 50.8 Å². The summed E-state index contributed by atoms with van der Waals surface area (Å²) in [4.78, 5) is 40.6. The summed E-state index contributed by atoms with van der Waals surface area (Å²) in [6, 6.07) is 15.4. The minimum Gasteiger partial charge on any atom is -0.489 e. The first-order valence-corrected chi connectivity index (χ1v) is 12.6. The second-order valence-corrected chi connectivity index (χ2v) is 9.44. The minimum atomic E-state index is -0.753. The van der Waals surface area contributed by atoms with Crippen molar-refractivity contribution in [1.82, 2.24) is 20.9 Å². The number of ether oxygens (including phenoxy) is 1. The maximum absolute atomic E-state index is 13.1. The molecular weight excluding hydrogens is 456 g/mol. The van der Waals surface area contributed by atoms with Crippen LogP contribution in [0.4, 0.5) is 0 Å². The van der Waals surface area contributed by atoms with E-state index in [1.54, 1.807) is 20.9 Å². The number of aryl methyl sites for hydroxylation is 1. The first-order valence-electron chi connectivity index (χ1n) is 12.6. The highest BCUT2D eigenvalue weighted by Gasteiger charge is 2.29. The van der Waals surface area contributed by atoms with Crippen LogP contribution in [0.25, 0.3) is 0 Å². The molecule has 0 fully saturated rings. The third-order valence-electron chi connectivity index (χ3n) is 6.53. The number of para-hydroxylation sites is 1. The van der Waals surface area contributed by atoms with Crippen molar-refractivity contribution in [3.8, 4) is 5.75 Å². The van der Waals surface area contributed by atoms with Crippen LogP contribution < -0.4 is 20.7 Å². The molecule has 36 heavy (non-hydrogen) atoms. The number of nitrogens with one attached hydrogen (secondary N) is 3. The van der Waals surface area contributed by atoms with Crippen LogP contribution in [-0.4, -0.2) is 67.0 Å². The largest absolute Gasteiger partial charge is 0.489 e. The summed E-state index contributed by atoms with van der Waals surface area (Å²) < 4.78 is 6.16. The number of rotatable bonds is 2. The molecule has 3 rings (SSSR count). The lowest BCUT2D eigenvalue weighted by atomic mass is 10.0. The van der Waals surface area contributed by atoms with Gasteiger partial charge in [0, 0.05) is 26.6 Å². The van der Waals surface area contributed by atoms with Crippen LogP contribution in [0.1, 0.15) is 38.3 Å². The maximum atomic E-state index is 13.1. The molecule has 0 aliphatic carbocycles. The van der Waals surface area contributed by atoms with E-state index in [-0.39, 0.29) is 23.8 Å². The second-order valence-electron chi connectivity index (χ2n) is 9.44. The number of carbonyl (C=O) groups excluding carboxylic acids is 3. The van der Waals surface area contributed by atoms with Crippen LogP contribution >= 0.6 is 0 Å². The molecule has 3 amide bonds. The van der Waals surface area contributed by atoms with Gasteiger partial charge in [0.25, 0.3) is 0 Å². The van der Waals surface area contributed by atoms with Gasteiger partial charge in [0.2, 0.25) is 17.7 Å². The summed E-state index contributed by atoms with van der Waals surface area (Å²) in [5, 5.41) is 9.07. The SMILES string of the molecule is CC1NC[C@@H](C)Oc2ccccc2CCCNC(=O)[C@@H](Cc2ccccc2)NC(=O)[C@@H](C)N(C)C1=O. The molecule has 8 nitrogen and oxygen atoms in total. The zero-order chi connectivity index (χ0) is 26.1. The first-order chi connectivity index (χ1) is 17.3. The van der Waals surface area contributed by atoms with Crippen molar-refractivity contribution in [3.05, 3.63) is 65.7 Å². The normalized spacial score (nSPS) is 25.0. The number of hydrogen-bond acceptors (Lipinski definition) is 5. The van der Waals surface area contributed by atoms with Crippen molar-refractivity contribution in [2.75, 3.05) is 20.1 Å². The Morgan fingerprint density at radius 3 is 2.39 bits per heavy atom. The molecule has 0 saturated heterocycles. The molecule has 0 spiro atoms. The van der Waals surface area contributed by atoms with Gasteiger partial charge in [-0.15, -0.1) is 0 Å². The lowest BCUT2D eigenvalue weighted by Crippen LogP contribution is -2.56. The van der Waals surface area contributed by atoms with Gasteiger partial charge in [0.15, 0.2) is 0 Å². The summed E-state index contributed by atoms with van der Waals surface area (Å²) in [5.41, 5.74) is 2.00. The molecule has 1 aliphatic heterocycles. The number of amides is 3. The number of hydrogen-bond donors (Lipinski definition) is 3. The fourth-order valence-electron chi connectivity index (χ4n) is 4.15. The Hall–Kier alpha value is -3.39. The molecule has 1 heterocycles. The molecule has 0 bridgehead atoms. The Balaban J connectivity index is 1.81. The van der Waals surface area contributed by atoms with Crippen molar-refractivity contribution in [1.29, 1.82) is 0 Å². The zero-order valence-electron chi connectivity index (χ0n) is 21.6. The van der Waals surface area contributed by atoms with Crippen molar-refractivity contribution < 1.29 is 19.1 Å². The Morgan fingerprint density at radius 2 is 1.64 bits per heavy atom. The number of carbonyl (C=O) groups is 3. The smallest absolute Gasteiger partial charge is 0.243 e. The molecule has 3 N–H and O–H groups in total. The topological polar surface area (TPSA) is 99.8 Å². The van der Waals surface area contributed by atoms with E-state index in [2.05, 4.69) is 16.0 Å². The Labute approximate surface area is 213 Å². The van der Waals surface area contributed by atoms with Gasteiger partial charge in [0.05, 0.1) is 6.04 Å². The van der Waals surface area contributed by atoms with Crippen molar-refractivity contribution in [2.45, 2.75) is 64.3 Å². The van der Waals surface area contributed by atoms with Gasteiger partial charge < -0.3 is 25.6 Å². The summed E-state index contributed by atoms with van der Waals surface area (Å²) in [6.07, 6.45) is 1.66. The van der Waals surface area contributed by atoms with Gasteiger partial charge in [0.1, 0.15) is 23.9 Å². The third kappa shape index (κ3) is 7.55. The molecule has 8 heteroatoms. The average molecular weight is 495 g/mol. The maximum Gasteiger partial charge on any atom is 0.243 e.